The summed E-state index contributed by atoms with van der Waals surface area (Å²) < 4.78 is 5.16. The monoisotopic (exact) mass is 354 g/mol. The number of hydrogen-bond donors (Lipinski definition) is 3. The minimum atomic E-state index is -0.922. The zero-order valence-corrected chi connectivity index (χ0v) is 15.3. The molecule has 0 spiro atoms. The van der Waals surface area contributed by atoms with Crippen molar-refractivity contribution in [3.8, 4) is 0 Å². The second kappa shape index (κ2) is 10.3. The molecule has 0 heterocycles. The fourth-order valence-electron chi connectivity index (χ4n) is 4.64. The van der Waals surface area contributed by atoms with Crippen LogP contribution < -0.4 is 0 Å². The van der Waals surface area contributed by atoms with Gasteiger partial charge in [-0.15, -0.1) is 0 Å². The summed E-state index contributed by atoms with van der Waals surface area (Å²) in [4.78, 5) is 10.5. The fraction of sp³-hybridized carbons (Fsp3) is 0.850. The first-order valence-electron chi connectivity index (χ1n) is 9.85. The summed E-state index contributed by atoms with van der Waals surface area (Å²) in [5.74, 6) is 0.816. The second-order valence-electron chi connectivity index (χ2n) is 7.82. The lowest BCUT2D eigenvalue weighted by Crippen LogP contribution is -2.18. The molecule has 0 aromatic heterocycles. The van der Waals surface area contributed by atoms with Gasteiger partial charge in [-0.1, -0.05) is 38.3 Å². The van der Waals surface area contributed by atoms with Gasteiger partial charge in [0.05, 0.1) is 12.2 Å². The third-order valence-corrected chi connectivity index (χ3v) is 5.88. The van der Waals surface area contributed by atoms with Crippen LogP contribution in [-0.2, 0) is 9.53 Å². The van der Waals surface area contributed by atoms with Crippen molar-refractivity contribution in [3.05, 3.63) is 12.2 Å². The van der Waals surface area contributed by atoms with E-state index in [2.05, 4.69) is 13.0 Å². The first-order chi connectivity index (χ1) is 12.0. The number of aliphatic hydroxyl groups is 2. The Morgan fingerprint density at radius 3 is 2.80 bits per heavy atom. The zero-order valence-electron chi connectivity index (χ0n) is 15.3. The van der Waals surface area contributed by atoms with Crippen LogP contribution in [0.15, 0.2) is 12.2 Å². The van der Waals surface area contributed by atoms with E-state index in [0.29, 0.717) is 24.4 Å². The maximum Gasteiger partial charge on any atom is 0.329 e. The lowest BCUT2D eigenvalue weighted by Gasteiger charge is -2.19. The Bertz CT molecular complexity index is 436. The fourth-order valence-corrected chi connectivity index (χ4v) is 4.64. The van der Waals surface area contributed by atoms with E-state index in [0.717, 1.165) is 51.4 Å². The highest BCUT2D eigenvalue weighted by Gasteiger charge is 2.46. The van der Waals surface area contributed by atoms with Crippen LogP contribution in [-0.4, -0.2) is 46.7 Å². The molecule has 0 saturated heterocycles. The second-order valence-corrected chi connectivity index (χ2v) is 7.82. The number of carbonyl (C=O) groups is 1. The van der Waals surface area contributed by atoms with E-state index < -0.39 is 12.1 Å². The van der Waals surface area contributed by atoms with E-state index in [4.69, 9.17) is 9.84 Å². The highest BCUT2D eigenvalue weighted by Crippen LogP contribution is 2.51. The van der Waals surface area contributed by atoms with Gasteiger partial charge in [0.25, 0.3) is 0 Å². The van der Waals surface area contributed by atoms with E-state index in [1.807, 2.05) is 6.08 Å². The number of unbranched alkanes of at least 4 members (excludes halogenated alkanes) is 2. The molecule has 2 unspecified atom stereocenters. The normalized spacial score (nSPS) is 33.0. The molecule has 0 amide bonds. The van der Waals surface area contributed by atoms with Gasteiger partial charge in [0.1, 0.15) is 6.61 Å². The van der Waals surface area contributed by atoms with Crippen molar-refractivity contribution in [2.24, 2.45) is 23.7 Å². The maximum atomic E-state index is 10.5. The number of carboxylic acids is 1. The lowest BCUT2D eigenvalue weighted by atomic mass is 9.89. The number of rotatable bonds is 11. The smallest absolute Gasteiger partial charge is 0.329 e. The zero-order chi connectivity index (χ0) is 18.2. The van der Waals surface area contributed by atoms with Gasteiger partial charge in [0.2, 0.25) is 0 Å². The molecule has 25 heavy (non-hydrogen) atoms. The average molecular weight is 354 g/mol. The maximum absolute atomic E-state index is 10.5. The number of carboxylic acid groups (broad SMARTS) is 1. The molecule has 2 aliphatic rings. The van der Waals surface area contributed by atoms with Crippen LogP contribution >= 0.6 is 0 Å². The van der Waals surface area contributed by atoms with Crippen molar-refractivity contribution in [1.82, 2.24) is 0 Å². The molecule has 2 saturated carbocycles. The van der Waals surface area contributed by atoms with Gasteiger partial charge in [-0.3, -0.25) is 0 Å². The number of aliphatic carboxylic acids is 1. The van der Waals surface area contributed by atoms with Crippen molar-refractivity contribution in [2.75, 3.05) is 13.2 Å². The summed E-state index contributed by atoms with van der Waals surface area (Å²) in [7, 11) is 0. The first kappa shape index (κ1) is 20.4. The van der Waals surface area contributed by atoms with Gasteiger partial charge in [0.15, 0.2) is 0 Å². The molecular formula is C20H34O5. The highest BCUT2D eigenvalue weighted by atomic mass is 16.5. The highest BCUT2D eigenvalue weighted by molar-refractivity contribution is 5.67. The molecule has 144 valence electrons. The van der Waals surface area contributed by atoms with Gasteiger partial charge in [-0.2, -0.15) is 0 Å². The number of ether oxygens (including phenoxy) is 1. The molecule has 2 fully saturated rings. The van der Waals surface area contributed by atoms with Crippen LogP contribution in [0.25, 0.3) is 0 Å². The number of aliphatic hydroxyl groups excluding tert-OH is 2. The van der Waals surface area contributed by atoms with Crippen LogP contribution in [0, 0.1) is 23.7 Å². The Morgan fingerprint density at radius 2 is 2.08 bits per heavy atom. The number of hydrogen-bond acceptors (Lipinski definition) is 4. The van der Waals surface area contributed by atoms with Crippen LogP contribution in [0.4, 0.5) is 0 Å². The van der Waals surface area contributed by atoms with Gasteiger partial charge < -0.3 is 20.1 Å². The molecule has 3 N–H and O–H groups in total. The van der Waals surface area contributed by atoms with Crippen molar-refractivity contribution < 1.29 is 24.9 Å². The molecule has 6 atom stereocenters. The third-order valence-electron chi connectivity index (χ3n) is 5.88. The van der Waals surface area contributed by atoms with E-state index in [1.54, 1.807) is 0 Å². The molecule has 0 aromatic rings. The van der Waals surface area contributed by atoms with Gasteiger partial charge in [-0.05, 0) is 49.9 Å². The standard InChI is InChI=1S/C20H34O5/c1-2-3-4-5-16(21)6-7-17-18-11-14(8-9-25-13-20(23)24)10-15(18)12-19(17)22/h6-7,14-19,21-22H,2-5,8-13H2,1H3,(H,23,24)/t14?,15-,16?,17-,18+,19-/m0/s1. The minimum absolute atomic E-state index is 0.149. The molecule has 2 rings (SSSR count). The topological polar surface area (TPSA) is 87.0 Å². The van der Waals surface area contributed by atoms with Crippen LogP contribution in [0.5, 0.6) is 0 Å². The molecule has 0 aromatic carbocycles. The molecule has 0 bridgehead atoms. The summed E-state index contributed by atoms with van der Waals surface area (Å²) in [5, 5.41) is 29.0. The number of fused-ring (bicyclic) bond motifs is 1. The summed E-state index contributed by atoms with van der Waals surface area (Å²) in [6, 6.07) is 0. The molecule has 5 nitrogen and oxygen atoms in total. The Morgan fingerprint density at radius 1 is 1.28 bits per heavy atom. The van der Waals surface area contributed by atoms with Gasteiger partial charge in [-0.25, -0.2) is 4.79 Å². The van der Waals surface area contributed by atoms with Crippen molar-refractivity contribution in [2.45, 2.75) is 70.5 Å². The van der Waals surface area contributed by atoms with Crippen LogP contribution in [0.3, 0.4) is 0 Å². The van der Waals surface area contributed by atoms with E-state index >= 15 is 0 Å². The Kier molecular flexibility index (Phi) is 8.40. The summed E-state index contributed by atoms with van der Waals surface area (Å²) >= 11 is 0. The minimum Gasteiger partial charge on any atom is -0.480 e. The SMILES string of the molecule is CCCCCC(O)C=C[C@H]1[C@@H]2CC(CCOCC(=O)O)C[C@H]2C[C@@H]1O. The Labute approximate surface area is 151 Å². The van der Waals surface area contributed by atoms with Crippen molar-refractivity contribution >= 4 is 5.97 Å². The first-order valence-corrected chi connectivity index (χ1v) is 9.85. The molecule has 5 heteroatoms. The van der Waals surface area contributed by atoms with E-state index in [-0.39, 0.29) is 18.6 Å². The summed E-state index contributed by atoms with van der Waals surface area (Å²) in [5.41, 5.74) is 0. The molecule has 0 radical (unpaired) electrons. The Hall–Kier alpha value is -0.910. The van der Waals surface area contributed by atoms with Gasteiger partial charge in [0, 0.05) is 12.5 Å². The molecule has 0 aliphatic heterocycles. The van der Waals surface area contributed by atoms with E-state index in [1.165, 1.54) is 0 Å². The summed E-state index contributed by atoms with van der Waals surface area (Å²) in [6.07, 6.45) is 11.3. The van der Waals surface area contributed by atoms with Crippen molar-refractivity contribution in [3.63, 3.8) is 0 Å². The third kappa shape index (κ3) is 6.39. The average Bonchev–Trinajstić information content (AvgIpc) is 3.06. The predicted octanol–water partition coefficient (Wildman–Crippen LogP) is 3.00. The quantitative estimate of drug-likeness (QED) is 0.392. The summed E-state index contributed by atoms with van der Waals surface area (Å²) in [6.45, 7) is 2.43. The lowest BCUT2D eigenvalue weighted by molar-refractivity contribution is -0.142. The van der Waals surface area contributed by atoms with E-state index in [9.17, 15) is 15.0 Å². The predicted molar refractivity (Wildman–Crippen MR) is 96.2 cm³/mol. The van der Waals surface area contributed by atoms with Gasteiger partial charge >= 0.3 is 5.97 Å². The van der Waals surface area contributed by atoms with Crippen LogP contribution in [0.1, 0.15) is 58.3 Å². The Balaban J connectivity index is 1.76. The van der Waals surface area contributed by atoms with Crippen molar-refractivity contribution in [1.29, 1.82) is 0 Å². The van der Waals surface area contributed by atoms with Crippen LogP contribution in [0.2, 0.25) is 0 Å². The molecule has 2 aliphatic carbocycles. The molecular weight excluding hydrogens is 320 g/mol. The largest absolute Gasteiger partial charge is 0.480 e.